The number of aryl methyl sites for hydroxylation is 1. The molecule has 1 N–H and O–H groups in total. The molecule has 0 spiro atoms. The van der Waals surface area contributed by atoms with Crippen LogP contribution in [0, 0.1) is 0 Å². The molecule has 2 aliphatic rings. The number of carbonyl (C=O) groups excluding carboxylic acids is 1. The van der Waals surface area contributed by atoms with Crippen molar-refractivity contribution < 1.29 is 14.3 Å². The van der Waals surface area contributed by atoms with Crippen LogP contribution in [0.25, 0.3) is 0 Å². The molecule has 2 aliphatic heterocycles. The van der Waals surface area contributed by atoms with Crippen molar-refractivity contribution in [2.24, 2.45) is 7.05 Å². The highest BCUT2D eigenvalue weighted by atomic mass is 32.2. The minimum Gasteiger partial charge on any atom is -0.479 e. The maximum absolute atomic E-state index is 12.6. The van der Waals surface area contributed by atoms with Gasteiger partial charge in [-0.15, -0.1) is 5.10 Å². The van der Waals surface area contributed by atoms with Crippen LogP contribution in [-0.2, 0) is 11.8 Å². The van der Waals surface area contributed by atoms with E-state index in [1.165, 1.54) is 7.11 Å². The van der Waals surface area contributed by atoms with Gasteiger partial charge in [-0.1, -0.05) is 0 Å². The summed E-state index contributed by atoms with van der Waals surface area (Å²) in [7, 11) is 3.31. The maximum Gasteiger partial charge on any atom is 0.258 e. The lowest BCUT2D eigenvalue weighted by atomic mass is 9.87. The Morgan fingerprint density at radius 3 is 2.79 bits per heavy atom. The second kappa shape index (κ2) is 7.76. The standard InChI is InChI=1S/C16H26N4O3S/c1-19-11-13(15(18-19)22-2)14(21)17-12-16(3-7-23-8-4-16)20-5-9-24-10-6-20/h11H,3-10,12H2,1-2H3,(H,17,21). The van der Waals surface area contributed by atoms with E-state index in [2.05, 4.69) is 15.3 Å². The fraction of sp³-hybridized carbons (Fsp3) is 0.750. The van der Waals surface area contributed by atoms with Gasteiger partial charge < -0.3 is 14.8 Å². The number of methoxy groups -OCH3 is 1. The smallest absolute Gasteiger partial charge is 0.258 e. The van der Waals surface area contributed by atoms with Crippen molar-refractivity contribution in [3.8, 4) is 5.88 Å². The third-order valence-electron chi connectivity index (χ3n) is 4.92. The number of rotatable bonds is 5. The van der Waals surface area contributed by atoms with E-state index in [0.29, 0.717) is 18.0 Å². The van der Waals surface area contributed by atoms with Gasteiger partial charge in [0.2, 0.25) is 5.88 Å². The number of amides is 1. The van der Waals surface area contributed by atoms with E-state index in [0.717, 1.165) is 50.7 Å². The molecule has 1 aromatic rings. The summed E-state index contributed by atoms with van der Waals surface area (Å²) >= 11 is 2.00. The van der Waals surface area contributed by atoms with Gasteiger partial charge in [0.25, 0.3) is 5.91 Å². The molecular weight excluding hydrogens is 328 g/mol. The van der Waals surface area contributed by atoms with Crippen molar-refractivity contribution in [1.82, 2.24) is 20.0 Å². The molecule has 0 aliphatic carbocycles. The molecule has 8 heteroatoms. The monoisotopic (exact) mass is 354 g/mol. The van der Waals surface area contributed by atoms with E-state index in [9.17, 15) is 4.79 Å². The number of ether oxygens (including phenoxy) is 2. The van der Waals surface area contributed by atoms with Crippen molar-refractivity contribution in [1.29, 1.82) is 0 Å². The van der Waals surface area contributed by atoms with E-state index in [1.54, 1.807) is 17.9 Å². The minimum atomic E-state index is -0.128. The molecule has 0 aromatic carbocycles. The predicted octanol–water partition coefficient (Wildman–Crippen LogP) is 0.757. The largest absolute Gasteiger partial charge is 0.479 e. The minimum absolute atomic E-state index is 0.00430. The zero-order chi connectivity index (χ0) is 17.0. The average Bonchev–Trinajstić information content (AvgIpc) is 3.02. The number of hydrogen-bond acceptors (Lipinski definition) is 6. The molecule has 0 saturated carbocycles. The lowest BCUT2D eigenvalue weighted by Gasteiger charge is -2.48. The molecule has 2 saturated heterocycles. The third-order valence-corrected chi connectivity index (χ3v) is 5.86. The summed E-state index contributed by atoms with van der Waals surface area (Å²) in [4.78, 5) is 15.2. The summed E-state index contributed by atoms with van der Waals surface area (Å²) < 4.78 is 12.4. The van der Waals surface area contributed by atoms with Crippen LogP contribution < -0.4 is 10.1 Å². The zero-order valence-corrected chi connectivity index (χ0v) is 15.2. The van der Waals surface area contributed by atoms with Crippen molar-refractivity contribution in [2.45, 2.75) is 18.4 Å². The first-order valence-electron chi connectivity index (χ1n) is 8.41. The van der Waals surface area contributed by atoms with E-state index >= 15 is 0 Å². The summed E-state index contributed by atoms with van der Waals surface area (Å²) in [6, 6.07) is 0. The maximum atomic E-state index is 12.6. The summed E-state index contributed by atoms with van der Waals surface area (Å²) in [5.74, 6) is 2.56. The summed E-state index contributed by atoms with van der Waals surface area (Å²) in [5.41, 5.74) is 0.487. The Bertz CT molecular complexity index is 566. The summed E-state index contributed by atoms with van der Waals surface area (Å²) in [5, 5.41) is 7.27. The first-order chi connectivity index (χ1) is 11.6. The number of nitrogens with zero attached hydrogens (tertiary/aromatic N) is 3. The van der Waals surface area contributed by atoms with E-state index in [1.807, 2.05) is 11.8 Å². The Kier molecular flexibility index (Phi) is 5.68. The van der Waals surface area contributed by atoms with Gasteiger partial charge in [-0.2, -0.15) is 11.8 Å². The SMILES string of the molecule is COc1nn(C)cc1C(=O)NCC1(N2CCSCC2)CCOCC1. The second-order valence-corrected chi connectivity index (χ2v) is 7.57. The van der Waals surface area contributed by atoms with Crippen molar-refractivity contribution in [3.63, 3.8) is 0 Å². The van der Waals surface area contributed by atoms with Gasteiger partial charge in [0.1, 0.15) is 5.56 Å². The van der Waals surface area contributed by atoms with E-state index < -0.39 is 0 Å². The molecule has 3 heterocycles. The van der Waals surface area contributed by atoms with Gasteiger partial charge in [0.05, 0.1) is 7.11 Å². The Hall–Kier alpha value is -1.25. The van der Waals surface area contributed by atoms with Crippen molar-refractivity contribution >= 4 is 17.7 Å². The van der Waals surface area contributed by atoms with E-state index in [4.69, 9.17) is 9.47 Å². The normalized spacial score (nSPS) is 21.4. The van der Waals surface area contributed by atoms with Crippen LogP contribution in [0.4, 0.5) is 0 Å². The van der Waals surface area contributed by atoms with Gasteiger partial charge in [0.15, 0.2) is 0 Å². The van der Waals surface area contributed by atoms with Gasteiger partial charge >= 0.3 is 0 Å². The molecule has 0 radical (unpaired) electrons. The number of aromatic nitrogens is 2. The molecule has 0 bridgehead atoms. The molecule has 134 valence electrons. The van der Waals surface area contributed by atoms with Crippen LogP contribution in [0.2, 0.25) is 0 Å². The topological polar surface area (TPSA) is 68.6 Å². The number of carbonyl (C=O) groups is 1. The highest BCUT2D eigenvalue weighted by Gasteiger charge is 2.39. The molecule has 1 aromatic heterocycles. The molecule has 7 nitrogen and oxygen atoms in total. The molecule has 3 rings (SSSR count). The second-order valence-electron chi connectivity index (χ2n) is 6.34. The van der Waals surface area contributed by atoms with Gasteiger partial charge in [-0.05, 0) is 12.8 Å². The van der Waals surface area contributed by atoms with Crippen LogP contribution in [-0.4, -0.2) is 77.6 Å². The average molecular weight is 354 g/mol. The number of nitrogens with one attached hydrogen (secondary N) is 1. The Morgan fingerprint density at radius 2 is 2.12 bits per heavy atom. The first-order valence-corrected chi connectivity index (χ1v) is 9.56. The summed E-state index contributed by atoms with van der Waals surface area (Å²) in [6.07, 6.45) is 3.62. The predicted molar refractivity (Wildman–Crippen MR) is 93.8 cm³/mol. The Labute approximate surface area is 147 Å². The van der Waals surface area contributed by atoms with Gasteiger partial charge in [-0.3, -0.25) is 14.4 Å². The van der Waals surface area contributed by atoms with Gasteiger partial charge in [-0.25, -0.2) is 0 Å². The highest BCUT2D eigenvalue weighted by Crippen LogP contribution is 2.30. The Balaban J connectivity index is 1.69. The van der Waals surface area contributed by atoms with Crippen molar-refractivity contribution in [3.05, 3.63) is 11.8 Å². The zero-order valence-electron chi connectivity index (χ0n) is 14.4. The fourth-order valence-electron chi connectivity index (χ4n) is 3.51. The Morgan fingerprint density at radius 1 is 1.42 bits per heavy atom. The number of thioether (sulfide) groups is 1. The molecular formula is C16H26N4O3S. The molecule has 1 amide bonds. The van der Waals surface area contributed by atoms with Gasteiger partial charge in [0, 0.05) is 63.1 Å². The van der Waals surface area contributed by atoms with Crippen LogP contribution in [0.1, 0.15) is 23.2 Å². The highest BCUT2D eigenvalue weighted by molar-refractivity contribution is 7.99. The first kappa shape index (κ1) is 17.6. The quantitative estimate of drug-likeness (QED) is 0.842. The number of hydrogen-bond donors (Lipinski definition) is 1. The third kappa shape index (κ3) is 3.70. The van der Waals surface area contributed by atoms with Crippen LogP contribution in [0.3, 0.4) is 0 Å². The van der Waals surface area contributed by atoms with Crippen molar-refractivity contribution in [2.75, 3.05) is 51.5 Å². The molecule has 24 heavy (non-hydrogen) atoms. The van der Waals surface area contributed by atoms with Crippen LogP contribution in [0.5, 0.6) is 5.88 Å². The molecule has 0 unspecified atom stereocenters. The lowest BCUT2D eigenvalue weighted by Crippen LogP contribution is -2.60. The molecule has 0 atom stereocenters. The summed E-state index contributed by atoms with van der Waals surface area (Å²) in [6.45, 7) is 4.32. The van der Waals surface area contributed by atoms with E-state index in [-0.39, 0.29) is 11.4 Å². The van der Waals surface area contributed by atoms with Crippen LogP contribution in [0.15, 0.2) is 6.20 Å². The fourth-order valence-corrected chi connectivity index (χ4v) is 4.41. The molecule has 2 fully saturated rings. The van der Waals surface area contributed by atoms with Crippen LogP contribution >= 0.6 is 11.8 Å². The lowest BCUT2D eigenvalue weighted by molar-refractivity contribution is -0.0237.